The molecule has 0 radical (unpaired) electrons. The van der Waals surface area contributed by atoms with Crippen LogP contribution in [0.5, 0.6) is 0 Å². The van der Waals surface area contributed by atoms with Crippen molar-refractivity contribution in [3.05, 3.63) is 71.3 Å². The van der Waals surface area contributed by atoms with Gasteiger partial charge in [-0.15, -0.1) is 0 Å². The maximum absolute atomic E-state index is 11.0. The summed E-state index contributed by atoms with van der Waals surface area (Å²) in [5.74, 6) is -0.221. The highest BCUT2D eigenvalue weighted by Crippen LogP contribution is 2.44. The molecule has 0 amide bonds. The molecule has 2 bridgehead atoms. The fourth-order valence-electron chi connectivity index (χ4n) is 4.40. The average Bonchev–Trinajstić information content (AvgIpc) is 3.28. The molecule has 2 heterocycles. The van der Waals surface area contributed by atoms with Crippen LogP contribution in [-0.4, -0.2) is 29.5 Å². The summed E-state index contributed by atoms with van der Waals surface area (Å²) in [7, 11) is 0. The quantitative estimate of drug-likeness (QED) is 0.559. The van der Waals surface area contributed by atoms with Crippen LogP contribution >= 0.6 is 0 Å². The van der Waals surface area contributed by atoms with Crippen molar-refractivity contribution < 1.29 is 19.5 Å². The monoisotopic (exact) mass is 379 g/mol. The number of hydrogen-bond acceptors (Lipinski definition) is 4. The van der Waals surface area contributed by atoms with Crippen molar-refractivity contribution in [3.63, 3.8) is 0 Å². The molecule has 4 unspecified atom stereocenters. The van der Waals surface area contributed by atoms with Crippen LogP contribution in [0.3, 0.4) is 0 Å². The number of aliphatic carboxylic acids is 1. The van der Waals surface area contributed by atoms with E-state index in [1.807, 2.05) is 54.7 Å². The average molecular weight is 379 g/mol. The molecular weight excluding hydrogens is 354 g/mol. The molecule has 2 aromatic rings. The van der Waals surface area contributed by atoms with Crippen LogP contribution < -0.4 is 0 Å². The normalized spacial score (nSPS) is 26.0. The highest BCUT2D eigenvalue weighted by molar-refractivity contribution is 5.70. The number of oxime groups is 1. The predicted molar refractivity (Wildman–Crippen MR) is 106 cm³/mol. The summed E-state index contributed by atoms with van der Waals surface area (Å²) in [4.78, 5) is 16.5. The standard InChI is InChI=1S/C23H25NO4/c25-23(26)13-18-8-4-7-17(11-18)12-19-20(22-10-9-21(19)28-22)14-24-27-15-16-5-2-1-3-6-16/h1-8,11,14,19-22H,9-10,12-13,15H2,(H,25,26)/b24-14+. The largest absolute Gasteiger partial charge is 0.481 e. The number of hydrogen-bond donors (Lipinski definition) is 1. The lowest BCUT2D eigenvalue weighted by molar-refractivity contribution is -0.136. The highest BCUT2D eigenvalue weighted by atomic mass is 16.6. The second kappa shape index (κ2) is 8.57. The van der Waals surface area contributed by atoms with E-state index in [0.29, 0.717) is 12.5 Å². The van der Waals surface area contributed by atoms with Gasteiger partial charge < -0.3 is 14.7 Å². The number of carboxylic acid groups (broad SMARTS) is 1. The zero-order valence-electron chi connectivity index (χ0n) is 15.7. The fraction of sp³-hybridized carbons (Fsp3) is 0.391. The summed E-state index contributed by atoms with van der Waals surface area (Å²) < 4.78 is 6.14. The van der Waals surface area contributed by atoms with Gasteiger partial charge in [0.25, 0.3) is 0 Å². The van der Waals surface area contributed by atoms with Crippen LogP contribution in [0, 0.1) is 11.8 Å². The summed E-state index contributed by atoms with van der Waals surface area (Å²) in [5, 5.41) is 13.3. The molecular formula is C23H25NO4. The van der Waals surface area contributed by atoms with Crippen molar-refractivity contribution >= 4 is 12.2 Å². The Balaban J connectivity index is 1.39. The van der Waals surface area contributed by atoms with E-state index in [9.17, 15) is 4.79 Å². The van der Waals surface area contributed by atoms with Crippen LogP contribution in [0.25, 0.3) is 0 Å². The fourth-order valence-corrected chi connectivity index (χ4v) is 4.40. The van der Waals surface area contributed by atoms with Gasteiger partial charge in [-0.2, -0.15) is 0 Å². The van der Waals surface area contributed by atoms with Crippen molar-refractivity contribution in [2.75, 3.05) is 0 Å². The van der Waals surface area contributed by atoms with E-state index in [2.05, 4.69) is 11.2 Å². The minimum Gasteiger partial charge on any atom is -0.481 e. The molecule has 2 aliphatic rings. The highest BCUT2D eigenvalue weighted by Gasteiger charge is 2.48. The predicted octanol–water partition coefficient (Wildman–Crippen LogP) is 3.85. The summed E-state index contributed by atoms with van der Waals surface area (Å²) in [6.07, 6.45) is 5.44. The second-order valence-electron chi connectivity index (χ2n) is 7.64. The van der Waals surface area contributed by atoms with E-state index in [0.717, 1.165) is 36.0 Å². The number of carbonyl (C=O) groups is 1. The number of benzene rings is 2. The minimum atomic E-state index is -0.805. The van der Waals surface area contributed by atoms with Crippen LogP contribution in [0.1, 0.15) is 29.5 Å². The minimum absolute atomic E-state index is 0.0548. The van der Waals surface area contributed by atoms with E-state index in [-0.39, 0.29) is 24.5 Å². The van der Waals surface area contributed by atoms with Gasteiger partial charge in [0.1, 0.15) is 6.61 Å². The van der Waals surface area contributed by atoms with Crippen molar-refractivity contribution in [1.29, 1.82) is 0 Å². The lowest BCUT2D eigenvalue weighted by Crippen LogP contribution is -2.30. The third kappa shape index (κ3) is 4.42. The Morgan fingerprint density at radius 3 is 2.64 bits per heavy atom. The van der Waals surface area contributed by atoms with Crippen LogP contribution in [0.15, 0.2) is 59.8 Å². The maximum Gasteiger partial charge on any atom is 0.307 e. The molecule has 5 nitrogen and oxygen atoms in total. The van der Waals surface area contributed by atoms with Gasteiger partial charge in [-0.1, -0.05) is 59.8 Å². The summed E-state index contributed by atoms with van der Waals surface area (Å²) in [5.41, 5.74) is 3.09. The summed E-state index contributed by atoms with van der Waals surface area (Å²) >= 11 is 0. The van der Waals surface area contributed by atoms with Gasteiger partial charge in [0.15, 0.2) is 0 Å². The zero-order chi connectivity index (χ0) is 19.3. The molecule has 4 rings (SSSR count). The molecule has 0 saturated carbocycles. The van der Waals surface area contributed by atoms with E-state index >= 15 is 0 Å². The van der Waals surface area contributed by atoms with Gasteiger partial charge in [-0.3, -0.25) is 4.79 Å². The van der Waals surface area contributed by atoms with Gasteiger partial charge in [0, 0.05) is 12.1 Å². The van der Waals surface area contributed by atoms with E-state index < -0.39 is 5.97 Å². The number of ether oxygens (including phenoxy) is 1. The van der Waals surface area contributed by atoms with E-state index in [4.69, 9.17) is 14.7 Å². The van der Waals surface area contributed by atoms with Crippen LogP contribution in [0.2, 0.25) is 0 Å². The Kier molecular flexibility index (Phi) is 5.72. The van der Waals surface area contributed by atoms with E-state index in [1.165, 1.54) is 0 Å². The van der Waals surface area contributed by atoms with Crippen LogP contribution in [-0.2, 0) is 33.8 Å². The van der Waals surface area contributed by atoms with Gasteiger partial charge in [-0.05, 0) is 41.9 Å². The first-order valence-electron chi connectivity index (χ1n) is 9.83. The van der Waals surface area contributed by atoms with Crippen molar-refractivity contribution in [1.82, 2.24) is 0 Å². The molecule has 4 atom stereocenters. The Morgan fingerprint density at radius 1 is 1.07 bits per heavy atom. The summed E-state index contributed by atoms with van der Waals surface area (Å²) in [6.45, 7) is 0.459. The first-order valence-corrected chi connectivity index (χ1v) is 9.83. The third-order valence-electron chi connectivity index (χ3n) is 5.69. The van der Waals surface area contributed by atoms with Gasteiger partial charge in [-0.25, -0.2) is 0 Å². The van der Waals surface area contributed by atoms with Crippen molar-refractivity contribution in [2.24, 2.45) is 17.0 Å². The molecule has 2 aliphatic heterocycles. The van der Waals surface area contributed by atoms with E-state index in [1.54, 1.807) is 0 Å². The molecule has 146 valence electrons. The summed E-state index contributed by atoms with van der Waals surface area (Å²) in [6, 6.07) is 17.9. The molecule has 2 fully saturated rings. The Hall–Kier alpha value is -2.66. The molecule has 2 aromatic carbocycles. The smallest absolute Gasteiger partial charge is 0.307 e. The molecule has 2 saturated heterocycles. The molecule has 0 spiro atoms. The second-order valence-corrected chi connectivity index (χ2v) is 7.64. The molecule has 5 heteroatoms. The maximum atomic E-state index is 11.0. The molecule has 1 N–H and O–H groups in total. The number of rotatable bonds is 8. The Morgan fingerprint density at radius 2 is 1.82 bits per heavy atom. The number of fused-ring (bicyclic) bond motifs is 2. The molecule has 28 heavy (non-hydrogen) atoms. The van der Waals surface area contributed by atoms with Crippen molar-refractivity contribution in [2.45, 2.75) is 44.5 Å². The Labute approximate surface area is 165 Å². The topological polar surface area (TPSA) is 68.1 Å². The van der Waals surface area contributed by atoms with Gasteiger partial charge in [0.05, 0.1) is 18.6 Å². The van der Waals surface area contributed by atoms with Crippen molar-refractivity contribution in [3.8, 4) is 0 Å². The first kappa shape index (κ1) is 18.7. The lowest BCUT2D eigenvalue weighted by Gasteiger charge is -2.25. The number of carboxylic acids is 1. The van der Waals surface area contributed by atoms with Gasteiger partial charge >= 0.3 is 5.97 Å². The zero-order valence-corrected chi connectivity index (χ0v) is 15.7. The SMILES string of the molecule is O=C(O)Cc1cccc(CC2C3CCC(O3)C2/C=N/OCc2ccccc2)c1. The van der Waals surface area contributed by atoms with Crippen LogP contribution in [0.4, 0.5) is 0 Å². The molecule has 0 aliphatic carbocycles. The lowest BCUT2D eigenvalue weighted by atomic mass is 9.76. The Bertz CT molecular complexity index is 836. The molecule has 0 aromatic heterocycles. The number of nitrogens with zero attached hydrogens (tertiary/aromatic N) is 1. The first-order chi connectivity index (χ1) is 13.7. The third-order valence-corrected chi connectivity index (χ3v) is 5.69. The van der Waals surface area contributed by atoms with Gasteiger partial charge in [0.2, 0.25) is 0 Å².